The molecule has 2 aromatic rings. The van der Waals surface area contributed by atoms with Gasteiger partial charge in [-0.1, -0.05) is 12.1 Å². The van der Waals surface area contributed by atoms with Gasteiger partial charge in [0.15, 0.2) is 5.96 Å². The normalized spacial score (nSPS) is 14.5. The van der Waals surface area contributed by atoms with Crippen molar-refractivity contribution in [1.82, 2.24) is 10.2 Å². The summed E-state index contributed by atoms with van der Waals surface area (Å²) >= 11 is 0. The van der Waals surface area contributed by atoms with E-state index in [1.54, 1.807) is 7.11 Å². The Morgan fingerprint density at radius 1 is 1.10 bits per heavy atom. The summed E-state index contributed by atoms with van der Waals surface area (Å²) in [5, 5.41) is 6.25. The lowest BCUT2D eigenvalue weighted by Crippen LogP contribution is -2.52. The van der Waals surface area contributed by atoms with Crippen LogP contribution in [0.2, 0.25) is 0 Å². The van der Waals surface area contributed by atoms with Gasteiger partial charge in [0.05, 0.1) is 7.11 Å². The van der Waals surface area contributed by atoms with Crippen molar-refractivity contribution in [2.24, 2.45) is 4.99 Å². The van der Waals surface area contributed by atoms with Gasteiger partial charge in [-0.15, -0.1) is 0 Å². The molecule has 0 aromatic heterocycles. The van der Waals surface area contributed by atoms with Crippen LogP contribution in [0.4, 0.5) is 11.4 Å². The van der Waals surface area contributed by atoms with Gasteiger partial charge in [0.25, 0.3) is 0 Å². The lowest BCUT2D eigenvalue weighted by molar-refractivity contribution is -0.114. The number of carbonyl (C=O) groups is 1. The molecular weight excluding hydrogens is 366 g/mol. The molecule has 1 saturated heterocycles. The van der Waals surface area contributed by atoms with E-state index in [-0.39, 0.29) is 5.91 Å². The molecule has 0 atom stereocenters. The van der Waals surface area contributed by atoms with Crippen molar-refractivity contribution in [3.8, 4) is 5.75 Å². The SMILES string of the molecule is CN=C(NCc1cccc(NC(C)=O)c1)N1CCN(c2ccc(OC)cc2)CC1. The highest BCUT2D eigenvalue weighted by molar-refractivity contribution is 5.88. The average Bonchev–Trinajstić information content (AvgIpc) is 2.74. The summed E-state index contributed by atoms with van der Waals surface area (Å²) in [6, 6.07) is 16.0. The molecule has 0 radical (unpaired) electrons. The fourth-order valence-electron chi connectivity index (χ4n) is 3.45. The highest BCUT2D eigenvalue weighted by atomic mass is 16.5. The molecule has 1 heterocycles. The number of amides is 1. The Bertz CT molecular complexity index is 843. The molecule has 29 heavy (non-hydrogen) atoms. The Kier molecular flexibility index (Phi) is 6.94. The molecule has 3 rings (SSSR count). The minimum Gasteiger partial charge on any atom is -0.497 e. The van der Waals surface area contributed by atoms with Crippen LogP contribution >= 0.6 is 0 Å². The highest BCUT2D eigenvalue weighted by Gasteiger charge is 2.19. The smallest absolute Gasteiger partial charge is 0.221 e. The summed E-state index contributed by atoms with van der Waals surface area (Å²) in [6.45, 7) is 5.84. The van der Waals surface area contributed by atoms with Gasteiger partial charge in [-0.2, -0.15) is 0 Å². The van der Waals surface area contributed by atoms with Gasteiger partial charge in [-0.25, -0.2) is 0 Å². The summed E-state index contributed by atoms with van der Waals surface area (Å²) in [5.41, 5.74) is 3.11. The molecular formula is C22H29N5O2. The Morgan fingerprint density at radius 3 is 2.45 bits per heavy atom. The number of aliphatic imine (C=N–C) groups is 1. The summed E-state index contributed by atoms with van der Waals surface area (Å²) < 4.78 is 5.24. The predicted molar refractivity (Wildman–Crippen MR) is 118 cm³/mol. The van der Waals surface area contributed by atoms with E-state index in [2.05, 4.69) is 37.6 Å². The maximum Gasteiger partial charge on any atom is 0.221 e. The number of hydrogen-bond donors (Lipinski definition) is 2. The first-order chi connectivity index (χ1) is 14.1. The van der Waals surface area contributed by atoms with Crippen LogP contribution in [-0.4, -0.2) is 57.1 Å². The third kappa shape index (κ3) is 5.63. The Labute approximate surface area is 172 Å². The van der Waals surface area contributed by atoms with Gasteiger partial charge in [0.2, 0.25) is 5.91 Å². The topological polar surface area (TPSA) is 69.2 Å². The Morgan fingerprint density at radius 2 is 1.83 bits per heavy atom. The van der Waals surface area contributed by atoms with Crippen molar-refractivity contribution in [3.05, 3.63) is 54.1 Å². The van der Waals surface area contributed by atoms with E-state index in [0.29, 0.717) is 6.54 Å². The number of ether oxygens (including phenoxy) is 1. The van der Waals surface area contributed by atoms with E-state index < -0.39 is 0 Å². The zero-order valence-electron chi connectivity index (χ0n) is 17.3. The molecule has 0 aliphatic carbocycles. The number of carbonyl (C=O) groups excluding carboxylic acids is 1. The molecule has 0 spiro atoms. The summed E-state index contributed by atoms with van der Waals surface area (Å²) in [7, 11) is 3.49. The number of rotatable bonds is 5. The van der Waals surface area contributed by atoms with E-state index in [4.69, 9.17) is 4.74 Å². The molecule has 154 valence electrons. The molecule has 2 aromatic carbocycles. The average molecular weight is 396 g/mol. The molecule has 2 N–H and O–H groups in total. The van der Waals surface area contributed by atoms with Gasteiger partial charge in [-0.05, 0) is 42.0 Å². The number of hydrogen-bond acceptors (Lipinski definition) is 4. The lowest BCUT2D eigenvalue weighted by Gasteiger charge is -2.37. The van der Waals surface area contributed by atoms with Crippen LogP contribution in [-0.2, 0) is 11.3 Å². The fraction of sp³-hybridized carbons (Fsp3) is 0.364. The van der Waals surface area contributed by atoms with E-state index in [0.717, 1.165) is 49.1 Å². The standard InChI is InChI=1S/C22H29N5O2/c1-17(28)25-19-6-4-5-18(15-19)16-24-22(23-2)27-13-11-26(12-14-27)20-7-9-21(29-3)10-8-20/h4-10,15H,11-14,16H2,1-3H3,(H,23,24)(H,25,28). The van der Waals surface area contributed by atoms with E-state index in [1.807, 2.05) is 43.4 Å². The predicted octanol–water partition coefficient (Wildman–Crippen LogP) is 2.55. The van der Waals surface area contributed by atoms with Crippen LogP contribution in [0.25, 0.3) is 0 Å². The third-order valence-corrected chi connectivity index (χ3v) is 4.93. The summed E-state index contributed by atoms with van der Waals surface area (Å²) in [4.78, 5) is 20.3. The van der Waals surface area contributed by atoms with Crippen molar-refractivity contribution < 1.29 is 9.53 Å². The number of nitrogens with one attached hydrogen (secondary N) is 2. The van der Waals surface area contributed by atoms with Crippen LogP contribution in [0.5, 0.6) is 5.75 Å². The molecule has 0 unspecified atom stereocenters. The van der Waals surface area contributed by atoms with E-state index >= 15 is 0 Å². The van der Waals surface area contributed by atoms with Crippen molar-refractivity contribution in [2.75, 3.05) is 50.6 Å². The number of piperazine rings is 1. The Balaban J connectivity index is 1.53. The van der Waals surface area contributed by atoms with Gasteiger partial charge in [-0.3, -0.25) is 9.79 Å². The minimum absolute atomic E-state index is 0.0688. The molecule has 7 heteroatoms. The Hall–Kier alpha value is -3.22. The molecule has 1 amide bonds. The molecule has 0 saturated carbocycles. The zero-order valence-corrected chi connectivity index (χ0v) is 17.3. The number of anilines is 2. The monoisotopic (exact) mass is 395 g/mol. The van der Waals surface area contributed by atoms with Gasteiger partial charge in [0.1, 0.15) is 5.75 Å². The lowest BCUT2D eigenvalue weighted by atomic mass is 10.2. The maximum absolute atomic E-state index is 11.2. The second-order valence-corrected chi connectivity index (χ2v) is 6.95. The molecule has 1 fully saturated rings. The van der Waals surface area contributed by atoms with Crippen LogP contribution in [0, 0.1) is 0 Å². The van der Waals surface area contributed by atoms with Crippen LogP contribution < -0.4 is 20.3 Å². The van der Waals surface area contributed by atoms with Crippen LogP contribution in [0.1, 0.15) is 12.5 Å². The number of guanidine groups is 1. The quantitative estimate of drug-likeness (QED) is 0.602. The van der Waals surface area contributed by atoms with E-state index in [9.17, 15) is 4.79 Å². The fourth-order valence-corrected chi connectivity index (χ4v) is 3.45. The second kappa shape index (κ2) is 9.82. The number of benzene rings is 2. The highest BCUT2D eigenvalue weighted by Crippen LogP contribution is 2.20. The first kappa shape index (κ1) is 20.5. The summed E-state index contributed by atoms with van der Waals surface area (Å²) in [5.74, 6) is 1.70. The third-order valence-electron chi connectivity index (χ3n) is 4.93. The van der Waals surface area contributed by atoms with Gasteiger partial charge in [0, 0.05) is 58.1 Å². The zero-order chi connectivity index (χ0) is 20.6. The molecule has 1 aliphatic heterocycles. The summed E-state index contributed by atoms with van der Waals surface area (Å²) in [6.07, 6.45) is 0. The van der Waals surface area contributed by atoms with Gasteiger partial charge >= 0.3 is 0 Å². The molecule has 0 bridgehead atoms. The first-order valence-electron chi connectivity index (χ1n) is 9.80. The maximum atomic E-state index is 11.2. The second-order valence-electron chi connectivity index (χ2n) is 6.95. The van der Waals surface area contributed by atoms with E-state index in [1.165, 1.54) is 12.6 Å². The number of methoxy groups -OCH3 is 1. The van der Waals surface area contributed by atoms with Crippen molar-refractivity contribution in [1.29, 1.82) is 0 Å². The van der Waals surface area contributed by atoms with Gasteiger partial charge < -0.3 is 25.2 Å². The van der Waals surface area contributed by atoms with Crippen LogP contribution in [0.15, 0.2) is 53.5 Å². The molecule has 1 aliphatic rings. The van der Waals surface area contributed by atoms with Crippen molar-refractivity contribution >= 4 is 23.2 Å². The molecule has 7 nitrogen and oxygen atoms in total. The van der Waals surface area contributed by atoms with Crippen LogP contribution in [0.3, 0.4) is 0 Å². The first-order valence-corrected chi connectivity index (χ1v) is 9.80. The van der Waals surface area contributed by atoms with Crippen molar-refractivity contribution in [3.63, 3.8) is 0 Å². The number of nitrogens with zero attached hydrogens (tertiary/aromatic N) is 3. The largest absolute Gasteiger partial charge is 0.497 e. The van der Waals surface area contributed by atoms with Crippen molar-refractivity contribution in [2.45, 2.75) is 13.5 Å². The minimum atomic E-state index is -0.0688.